The zero-order chi connectivity index (χ0) is 14.0. The van der Waals surface area contributed by atoms with Crippen molar-refractivity contribution in [1.29, 1.82) is 0 Å². The van der Waals surface area contributed by atoms with Crippen molar-refractivity contribution < 1.29 is 18.0 Å². The summed E-state index contributed by atoms with van der Waals surface area (Å²) in [5.74, 6) is -5.96. The minimum Gasteiger partial charge on any atom is -0.287 e. The second-order valence-electron chi connectivity index (χ2n) is 3.92. The van der Waals surface area contributed by atoms with Gasteiger partial charge in [0, 0.05) is 16.1 Å². The molecule has 0 N–H and O–H groups in total. The van der Waals surface area contributed by atoms with Crippen LogP contribution in [-0.2, 0) is 5.92 Å². The minimum absolute atomic E-state index is 0.101. The molecule has 2 aromatic rings. The number of carbonyl (C=O) groups excluding carboxylic acids is 1. The second kappa shape index (κ2) is 5.05. The number of hydrogen-bond acceptors (Lipinski definition) is 1. The molecular weight excluding hydrogens is 277 g/mol. The van der Waals surface area contributed by atoms with Gasteiger partial charge in [-0.25, -0.2) is 4.39 Å². The van der Waals surface area contributed by atoms with E-state index in [0.29, 0.717) is 0 Å². The van der Waals surface area contributed by atoms with Crippen LogP contribution in [0.5, 0.6) is 0 Å². The van der Waals surface area contributed by atoms with Crippen LogP contribution >= 0.6 is 11.6 Å². The van der Waals surface area contributed by atoms with Crippen LogP contribution in [0.15, 0.2) is 48.5 Å². The fourth-order valence-electron chi connectivity index (χ4n) is 1.63. The largest absolute Gasteiger partial charge is 0.335 e. The fraction of sp³-hybridized carbons (Fsp3) is 0.0714. The Labute approximate surface area is 112 Å². The summed E-state index contributed by atoms with van der Waals surface area (Å²) in [7, 11) is 0. The lowest BCUT2D eigenvalue weighted by Crippen LogP contribution is -2.26. The van der Waals surface area contributed by atoms with E-state index in [-0.39, 0.29) is 10.6 Å². The molecule has 0 heterocycles. The molecule has 5 heteroatoms. The van der Waals surface area contributed by atoms with Gasteiger partial charge in [-0.1, -0.05) is 35.9 Å². The van der Waals surface area contributed by atoms with Crippen molar-refractivity contribution in [2.24, 2.45) is 0 Å². The molecule has 0 radical (unpaired) electrons. The van der Waals surface area contributed by atoms with E-state index < -0.39 is 23.1 Å². The molecule has 0 saturated carbocycles. The summed E-state index contributed by atoms with van der Waals surface area (Å²) >= 11 is 5.62. The van der Waals surface area contributed by atoms with E-state index in [1.54, 1.807) is 0 Å². The molecule has 0 unspecified atom stereocenters. The maximum absolute atomic E-state index is 14.0. The van der Waals surface area contributed by atoms with E-state index in [4.69, 9.17) is 11.6 Å². The molecule has 0 atom stereocenters. The molecule has 2 aromatic carbocycles. The van der Waals surface area contributed by atoms with Crippen LogP contribution in [0.4, 0.5) is 13.2 Å². The molecule has 0 amide bonds. The van der Waals surface area contributed by atoms with Crippen LogP contribution in [0.25, 0.3) is 0 Å². The van der Waals surface area contributed by atoms with E-state index in [2.05, 4.69) is 0 Å². The first-order valence-corrected chi connectivity index (χ1v) is 5.73. The number of hydrogen-bond donors (Lipinski definition) is 0. The van der Waals surface area contributed by atoms with Crippen molar-refractivity contribution in [3.63, 3.8) is 0 Å². The van der Waals surface area contributed by atoms with E-state index >= 15 is 0 Å². The van der Waals surface area contributed by atoms with Crippen molar-refractivity contribution in [3.8, 4) is 0 Å². The molecule has 19 heavy (non-hydrogen) atoms. The third-order valence-corrected chi connectivity index (χ3v) is 2.79. The molecule has 1 nitrogen and oxygen atoms in total. The molecule has 0 saturated heterocycles. The van der Waals surface area contributed by atoms with Crippen molar-refractivity contribution in [2.75, 3.05) is 0 Å². The highest BCUT2D eigenvalue weighted by atomic mass is 35.5. The van der Waals surface area contributed by atoms with Crippen LogP contribution in [0.2, 0.25) is 5.02 Å². The van der Waals surface area contributed by atoms with Gasteiger partial charge in [-0.15, -0.1) is 0 Å². The van der Waals surface area contributed by atoms with Crippen molar-refractivity contribution in [1.82, 2.24) is 0 Å². The zero-order valence-corrected chi connectivity index (χ0v) is 10.3. The van der Waals surface area contributed by atoms with Gasteiger partial charge in [-0.05, 0) is 24.3 Å². The van der Waals surface area contributed by atoms with E-state index in [9.17, 15) is 18.0 Å². The first kappa shape index (κ1) is 13.6. The molecule has 2 rings (SSSR count). The van der Waals surface area contributed by atoms with Gasteiger partial charge in [0.15, 0.2) is 0 Å². The predicted octanol–water partition coefficient (Wildman–Crippen LogP) is 4.45. The molecule has 0 fully saturated rings. The average molecular weight is 285 g/mol. The Kier molecular flexibility index (Phi) is 3.62. The average Bonchev–Trinajstić information content (AvgIpc) is 2.38. The summed E-state index contributed by atoms with van der Waals surface area (Å²) in [5.41, 5.74) is -0.903. The fourth-order valence-corrected chi connectivity index (χ4v) is 1.82. The van der Waals surface area contributed by atoms with Gasteiger partial charge in [0.05, 0.1) is 0 Å². The summed E-state index contributed by atoms with van der Waals surface area (Å²) in [6, 6.07) is 9.07. The number of Topliss-reactive ketones (excluding diaryl/α,β-unsaturated/α-hetero) is 1. The molecule has 0 aliphatic heterocycles. The molecule has 0 aromatic heterocycles. The predicted molar refractivity (Wildman–Crippen MR) is 66.1 cm³/mol. The number of alkyl halides is 2. The van der Waals surface area contributed by atoms with Crippen molar-refractivity contribution >= 4 is 17.4 Å². The van der Waals surface area contributed by atoms with Gasteiger partial charge in [-0.3, -0.25) is 4.79 Å². The topological polar surface area (TPSA) is 17.1 Å². The van der Waals surface area contributed by atoms with E-state index in [0.717, 1.165) is 30.3 Å². The quantitative estimate of drug-likeness (QED) is 0.761. The lowest BCUT2D eigenvalue weighted by Gasteiger charge is -2.15. The molecule has 0 spiro atoms. The summed E-state index contributed by atoms with van der Waals surface area (Å²) in [5, 5.41) is 0.101. The lowest BCUT2D eigenvalue weighted by molar-refractivity contribution is 0.00740. The monoisotopic (exact) mass is 284 g/mol. The number of halogens is 4. The van der Waals surface area contributed by atoms with Gasteiger partial charge in [-0.2, -0.15) is 8.78 Å². The second-order valence-corrected chi connectivity index (χ2v) is 4.36. The SMILES string of the molecule is O=C(c1cccc(F)c1)C(F)(F)c1cccc(Cl)c1. The Balaban J connectivity index is 2.42. The normalized spacial score (nSPS) is 11.4. The van der Waals surface area contributed by atoms with Gasteiger partial charge < -0.3 is 0 Å². The highest BCUT2D eigenvalue weighted by molar-refractivity contribution is 6.30. The Morgan fingerprint density at radius 3 is 2.37 bits per heavy atom. The standard InChI is InChI=1S/C14H8ClF3O/c15-11-5-2-4-10(8-11)14(17,18)13(19)9-3-1-6-12(16)7-9/h1-8H. The number of rotatable bonds is 3. The Morgan fingerprint density at radius 1 is 1.05 bits per heavy atom. The van der Waals surface area contributed by atoms with Crippen LogP contribution in [0.1, 0.15) is 15.9 Å². The molecule has 0 aliphatic carbocycles. The Morgan fingerprint density at radius 2 is 1.74 bits per heavy atom. The summed E-state index contributed by atoms with van der Waals surface area (Å²) in [6.07, 6.45) is 0. The maximum atomic E-state index is 14.0. The van der Waals surface area contributed by atoms with Crippen molar-refractivity contribution in [3.05, 3.63) is 70.5 Å². The van der Waals surface area contributed by atoms with Gasteiger partial charge in [0.25, 0.3) is 0 Å². The van der Waals surface area contributed by atoms with Crippen molar-refractivity contribution in [2.45, 2.75) is 5.92 Å². The van der Waals surface area contributed by atoms with Crippen LogP contribution in [0.3, 0.4) is 0 Å². The van der Waals surface area contributed by atoms with E-state index in [1.165, 1.54) is 18.2 Å². The number of benzene rings is 2. The molecule has 98 valence electrons. The summed E-state index contributed by atoms with van der Waals surface area (Å²) in [6.45, 7) is 0. The zero-order valence-electron chi connectivity index (χ0n) is 9.54. The first-order valence-electron chi connectivity index (χ1n) is 5.35. The highest BCUT2D eigenvalue weighted by Crippen LogP contribution is 2.33. The number of carbonyl (C=O) groups is 1. The highest BCUT2D eigenvalue weighted by Gasteiger charge is 2.41. The van der Waals surface area contributed by atoms with E-state index in [1.807, 2.05) is 0 Å². The van der Waals surface area contributed by atoms with Crippen LogP contribution in [0, 0.1) is 5.82 Å². The first-order chi connectivity index (χ1) is 8.91. The van der Waals surface area contributed by atoms with Gasteiger partial charge in [0.1, 0.15) is 5.82 Å². The smallest absolute Gasteiger partial charge is 0.287 e. The minimum atomic E-state index is -3.75. The van der Waals surface area contributed by atoms with Gasteiger partial charge >= 0.3 is 5.92 Å². The summed E-state index contributed by atoms with van der Waals surface area (Å²) in [4.78, 5) is 11.8. The van der Waals surface area contributed by atoms with Crippen LogP contribution in [-0.4, -0.2) is 5.78 Å². The maximum Gasteiger partial charge on any atom is 0.335 e. The third kappa shape index (κ3) is 2.79. The third-order valence-electron chi connectivity index (χ3n) is 2.56. The summed E-state index contributed by atoms with van der Waals surface area (Å²) < 4.78 is 41.0. The lowest BCUT2D eigenvalue weighted by atomic mass is 9.99. The number of ketones is 1. The molecule has 0 aliphatic rings. The Bertz CT molecular complexity index is 626. The van der Waals surface area contributed by atoms with Crippen LogP contribution < -0.4 is 0 Å². The van der Waals surface area contributed by atoms with Gasteiger partial charge in [0.2, 0.25) is 5.78 Å². The molecular formula is C14H8ClF3O. The molecule has 0 bridgehead atoms. The Hall–Kier alpha value is -1.81.